The van der Waals surface area contributed by atoms with Gasteiger partial charge in [0, 0.05) is 22.8 Å². The second-order valence-corrected chi connectivity index (χ2v) is 7.53. The molecule has 2 aromatic rings. The number of rotatable bonds is 4. The van der Waals surface area contributed by atoms with Crippen LogP contribution in [0.25, 0.3) is 0 Å². The van der Waals surface area contributed by atoms with Crippen LogP contribution in [0.2, 0.25) is 5.02 Å². The largest absolute Gasteiger partial charge is 0.352 e. The Morgan fingerprint density at radius 3 is 2.78 bits per heavy atom. The molecule has 0 atom stereocenters. The molecule has 3 rings (SSSR count). The van der Waals surface area contributed by atoms with Crippen LogP contribution < -0.4 is 10.0 Å². The van der Waals surface area contributed by atoms with Crippen LogP contribution in [0.4, 0.5) is 5.69 Å². The SMILES string of the molecule is O=C1NCCc2ccc(NS(=O)(=O)Cc3cccc(Cl)c3)cc21. The van der Waals surface area contributed by atoms with E-state index in [1.807, 2.05) is 0 Å². The highest BCUT2D eigenvalue weighted by Gasteiger charge is 2.18. The molecule has 5 nitrogen and oxygen atoms in total. The molecule has 7 heteroatoms. The van der Waals surface area contributed by atoms with Gasteiger partial charge >= 0.3 is 0 Å². The van der Waals surface area contributed by atoms with Gasteiger partial charge in [0.15, 0.2) is 0 Å². The van der Waals surface area contributed by atoms with E-state index in [4.69, 9.17) is 11.6 Å². The average Bonchev–Trinajstić information content (AvgIpc) is 2.47. The smallest absolute Gasteiger partial charge is 0.251 e. The lowest BCUT2D eigenvalue weighted by atomic mass is 10.00. The molecule has 0 saturated heterocycles. The molecule has 0 radical (unpaired) electrons. The standard InChI is InChI=1S/C16H15ClN2O3S/c17-13-3-1-2-11(8-13)10-23(21,22)19-14-5-4-12-6-7-18-16(20)15(12)9-14/h1-5,8-9,19H,6-7,10H2,(H,18,20). The zero-order chi connectivity index (χ0) is 16.4. The van der Waals surface area contributed by atoms with Crippen LogP contribution in [0, 0.1) is 0 Å². The van der Waals surface area contributed by atoms with Crippen molar-refractivity contribution in [2.24, 2.45) is 0 Å². The summed E-state index contributed by atoms with van der Waals surface area (Å²) >= 11 is 5.87. The third-order valence-corrected chi connectivity index (χ3v) is 5.05. The van der Waals surface area contributed by atoms with Gasteiger partial charge in [-0.2, -0.15) is 0 Å². The number of fused-ring (bicyclic) bond motifs is 1. The molecule has 1 aliphatic rings. The molecule has 0 aliphatic carbocycles. The molecule has 1 amide bonds. The number of hydrogen-bond acceptors (Lipinski definition) is 3. The van der Waals surface area contributed by atoms with Gasteiger partial charge in [0.1, 0.15) is 0 Å². The van der Waals surface area contributed by atoms with Crippen molar-refractivity contribution in [2.75, 3.05) is 11.3 Å². The van der Waals surface area contributed by atoms with E-state index in [0.717, 1.165) is 12.0 Å². The van der Waals surface area contributed by atoms with Crippen LogP contribution in [0.1, 0.15) is 21.5 Å². The minimum Gasteiger partial charge on any atom is -0.352 e. The topological polar surface area (TPSA) is 75.3 Å². The van der Waals surface area contributed by atoms with E-state index in [0.29, 0.717) is 28.4 Å². The average molecular weight is 351 g/mol. The van der Waals surface area contributed by atoms with Crippen molar-refractivity contribution in [1.29, 1.82) is 0 Å². The van der Waals surface area contributed by atoms with Crippen molar-refractivity contribution >= 4 is 33.2 Å². The molecule has 0 bridgehead atoms. The van der Waals surface area contributed by atoms with Gasteiger partial charge in [-0.1, -0.05) is 29.8 Å². The van der Waals surface area contributed by atoms with Crippen molar-refractivity contribution in [3.63, 3.8) is 0 Å². The monoisotopic (exact) mass is 350 g/mol. The summed E-state index contributed by atoms with van der Waals surface area (Å²) in [4.78, 5) is 11.8. The summed E-state index contributed by atoms with van der Waals surface area (Å²) in [6, 6.07) is 11.7. The molecule has 0 saturated carbocycles. The number of halogens is 1. The van der Waals surface area contributed by atoms with E-state index in [1.54, 1.807) is 42.5 Å². The Morgan fingerprint density at radius 2 is 2.00 bits per heavy atom. The minimum absolute atomic E-state index is 0.179. The van der Waals surface area contributed by atoms with E-state index in [9.17, 15) is 13.2 Å². The van der Waals surface area contributed by atoms with E-state index < -0.39 is 10.0 Å². The summed E-state index contributed by atoms with van der Waals surface area (Å²) in [6.45, 7) is 0.603. The molecule has 0 aromatic heterocycles. The second-order valence-electron chi connectivity index (χ2n) is 5.37. The first-order valence-corrected chi connectivity index (χ1v) is 9.12. The molecular weight excluding hydrogens is 336 g/mol. The first-order chi connectivity index (χ1) is 10.9. The van der Waals surface area contributed by atoms with Gasteiger partial charge in [0.05, 0.1) is 5.75 Å². The lowest BCUT2D eigenvalue weighted by Gasteiger charge is -2.17. The first kappa shape index (κ1) is 15.8. The predicted molar refractivity (Wildman–Crippen MR) is 90.2 cm³/mol. The number of anilines is 1. The van der Waals surface area contributed by atoms with Crippen LogP contribution >= 0.6 is 11.6 Å². The summed E-state index contributed by atoms with van der Waals surface area (Å²) < 4.78 is 27.1. The van der Waals surface area contributed by atoms with Crippen molar-refractivity contribution in [3.8, 4) is 0 Å². The normalized spacial score (nSPS) is 14.0. The van der Waals surface area contributed by atoms with Crippen molar-refractivity contribution in [3.05, 3.63) is 64.2 Å². The number of amides is 1. The zero-order valence-electron chi connectivity index (χ0n) is 12.2. The van der Waals surface area contributed by atoms with Gasteiger partial charge in [0.25, 0.3) is 5.91 Å². The minimum atomic E-state index is -3.59. The lowest BCUT2D eigenvalue weighted by Crippen LogP contribution is -2.31. The van der Waals surface area contributed by atoms with E-state index in [2.05, 4.69) is 10.0 Å². The zero-order valence-corrected chi connectivity index (χ0v) is 13.7. The Bertz CT molecular complexity index is 865. The fraction of sp³-hybridized carbons (Fsp3) is 0.188. The Balaban J connectivity index is 1.81. The molecular formula is C16H15ClN2O3S. The maximum atomic E-state index is 12.3. The third kappa shape index (κ3) is 3.83. The number of nitrogens with one attached hydrogen (secondary N) is 2. The van der Waals surface area contributed by atoms with Gasteiger partial charge < -0.3 is 5.32 Å². The Hall–Kier alpha value is -2.05. The quantitative estimate of drug-likeness (QED) is 0.889. The Kier molecular flexibility index (Phi) is 4.28. The molecule has 120 valence electrons. The predicted octanol–water partition coefficient (Wildman–Crippen LogP) is 2.57. The summed E-state index contributed by atoms with van der Waals surface area (Å²) in [5, 5.41) is 3.23. The van der Waals surface area contributed by atoms with E-state index in [1.165, 1.54) is 0 Å². The number of hydrogen-bond donors (Lipinski definition) is 2. The Morgan fingerprint density at radius 1 is 1.17 bits per heavy atom. The van der Waals surface area contributed by atoms with Crippen LogP contribution in [-0.2, 0) is 22.2 Å². The van der Waals surface area contributed by atoms with Crippen LogP contribution in [0.5, 0.6) is 0 Å². The fourth-order valence-electron chi connectivity index (χ4n) is 2.54. The molecule has 2 N–H and O–H groups in total. The summed E-state index contributed by atoms with van der Waals surface area (Å²) in [5.41, 5.74) is 2.41. The van der Waals surface area contributed by atoms with Gasteiger partial charge in [-0.15, -0.1) is 0 Å². The maximum absolute atomic E-state index is 12.3. The molecule has 2 aromatic carbocycles. The number of benzene rings is 2. The lowest BCUT2D eigenvalue weighted by molar-refractivity contribution is 0.0946. The molecule has 0 fully saturated rings. The second kappa shape index (κ2) is 6.22. The Labute approximate surface area is 139 Å². The summed E-state index contributed by atoms with van der Waals surface area (Å²) in [7, 11) is -3.59. The molecule has 23 heavy (non-hydrogen) atoms. The molecule has 1 heterocycles. The number of carbonyl (C=O) groups excluding carboxylic acids is 1. The van der Waals surface area contributed by atoms with Gasteiger partial charge in [-0.3, -0.25) is 9.52 Å². The summed E-state index contributed by atoms with van der Waals surface area (Å²) in [5.74, 6) is -0.362. The van der Waals surface area contributed by atoms with Crippen molar-refractivity contribution < 1.29 is 13.2 Å². The molecule has 1 aliphatic heterocycles. The van der Waals surface area contributed by atoms with E-state index >= 15 is 0 Å². The van der Waals surface area contributed by atoms with Crippen LogP contribution in [0.15, 0.2) is 42.5 Å². The van der Waals surface area contributed by atoms with Crippen LogP contribution in [0.3, 0.4) is 0 Å². The highest BCUT2D eigenvalue weighted by molar-refractivity contribution is 7.91. The van der Waals surface area contributed by atoms with E-state index in [-0.39, 0.29) is 11.7 Å². The summed E-state index contributed by atoms with van der Waals surface area (Å²) in [6.07, 6.45) is 0.747. The highest BCUT2D eigenvalue weighted by Crippen LogP contribution is 2.21. The van der Waals surface area contributed by atoms with Crippen molar-refractivity contribution in [1.82, 2.24) is 5.32 Å². The van der Waals surface area contributed by atoms with Gasteiger partial charge in [-0.05, 0) is 41.8 Å². The number of sulfonamides is 1. The van der Waals surface area contributed by atoms with Crippen molar-refractivity contribution in [2.45, 2.75) is 12.2 Å². The van der Waals surface area contributed by atoms with Gasteiger partial charge in [0.2, 0.25) is 10.0 Å². The highest BCUT2D eigenvalue weighted by atomic mass is 35.5. The van der Waals surface area contributed by atoms with Crippen LogP contribution in [-0.4, -0.2) is 20.9 Å². The number of carbonyl (C=O) groups is 1. The molecule has 0 spiro atoms. The van der Waals surface area contributed by atoms with Gasteiger partial charge in [-0.25, -0.2) is 8.42 Å². The third-order valence-electron chi connectivity index (χ3n) is 3.55. The first-order valence-electron chi connectivity index (χ1n) is 7.09. The fourth-order valence-corrected chi connectivity index (χ4v) is 3.93. The maximum Gasteiger partial charge on any atom is 0.251 e. The molecule has 0 unspecified atom stereocenters.